The molecule has 2 aliphatic carbocycles. The van der Waals surface area contributed by atoms with Crippen molar-refractivity contribution >= 4 is 0 Å². The third kappa shape index (κ3) is 5.90. The van der Waals surface area contributed by atoms with Crippen molar-refractivity contribution in [2.24, 2.45) is 23.7 Å². The maximum absolute atomic E-state index is 3.51. The molecule has 0 atom stereocenters. The Morgan fingerprint density at radius 2 is 1.52 bits per heavy atom. The molecular weight excluding hydrogens is 252 g/mol. The van der Waals surface area contributed by atoms with Gasteiger partial charge in [-0.25, -0.2) is 0 Å². The molecule has 0 amide bonds. The third-order valence-electron chi connectivity index (χ3n) is 5.75. The van der Waals surface area contributed by atoms with Crippen molar-refractivity contribution in [3.8, 4) is 11.8 Å². The van der Waals surface area contributed by atoms with Crippen LogP contribution in [0.4, 0.5) is 0 Å². The van der Waals surface area contributed by atoms with Crippen molar-refractivity contribution in [2.75, 3.05) is 0 Å². The summed E-state index contributed by atoms with van der Waals surface area (Å²) in [5, 5.41) is 0. The molecule has 0 heterocycles. The molecule has 0 bridgehead atoms. The zero-order chi connectivity index (χ0) is 14.9. The fraction of sp³-hybridized carbons (Fsp3) is 0.810. The highest BCUT2D eigenvalue weighted by molar-refractivity contribution is 5.18. The molecule has 0 aromatic carbocycles. The fourth-order valence-electron chi connectivity index (χ4n) is 4.14. The number of allylic oxidation sites excluding steroid dienone is 2. The summed E-state index contributed by atoms with van der Waals surface area (Å²) < 4.78 is 0. The third-order valence-corrected chi connectivity index (χ3v) is 5.75. The average Bonchev–Trinajstić information content (AvgIpc) is 2.54. The lowest BCUT2D eigenvalue weighted by molar-refractivity contribution is 0.299. The molecule has 0 saturated heterocycles. The summed E-state index contributed by atoms with van der Waals surface area (Å²) in [4.78, 5) is 0. The average molecular weight is 287 g/mol. The summed E-state index contributed by atoms with van der Waals surface area (Å²) in [7, 11) is 0. The Morgan fingerprint density at radius 3 is 2.14 bits per heavy atom. The second kappa shape index (κ2) is 9.34. The molecule has 0 spiro atoms. The van der Waals surface area contributed by atoms with Crippen LogP contribution >= 0.6 is 0 Å². The van der Waals surface area contributed by atoms with Gasteiger partial charge in [0.25, 0.3) is 0 Å². The van der Waals surface area contributed by atoms with Crippen LogP contribution in [0.3, 0.4) is 0 Å². The van der Waals surface area contributed by atoms with Gasteiger partial charge in [0.05, 0.1) is 0 Å². The molecule has 0 aromatic heterocycles. The van der Waals surface area contributed by atoms with Crippen LogP contribution in [0, 0.1) is 35.5 Å². The van der Waals surface area contributed by atoms with Crippen molar-refractivity contribution in [2.45, 2.75) is 84.5 Å². The molecule has 118 valence electrons. The van der Waals surface area contributed by atoms with E-state index in [-0.39, 0.29) is 0 Å². The summed E-state index contributed by atoms with van der Waals surface area (Å²) in [6.07, 6.45) is 19.9. The minimum atomic E-state index is 0.679. The highest BCUT2D eigenvalue weighted by Gasteiger charge is 2.19. The molecule has 0 radical (unpaired) electrons. The highest BCUT2D eigenvalue weighted by Crippen LogP contribution is 2.32. The van der Waals surface area contributed by atoms with E-state index < -0.39 is 0 Å². The van der Waals surface area contributed by atoms with E-state index in [1.807, 2.05) is 0 Å². The van der Waals surface area contributed by atoms with Crippen molar-refractivity contribution in [1.82, 2.24) is 0 Å². The molecular formula is C21H34. The quantitative estimate of drug-likeness (QED) is 0.527. The maximum atomic E-state index is 3.51. The summed E-state index contributed by atoms with van der Waals surface area (Å²) in [5.74, 6) is 10.3. The first kappa shape index (κ1) is 16.7. The first-order valence-corrected chi connectivity index (χ1v) is 9.49. The Bertz CT molecular complexity index is 351. The van der Waals surface area contributed by atoms with E-state index in [9.17, 15) is 0 Å². The molecule has 0 aliphatic heterocycles. The van der Waals surface area contributed by atoms with Crippen LogP contribution in [0.5, 0.6) is 0 Å². The van der Waals surface area contributed by atoms with E-state index in [0.29, 0.717) is 5.92 Å². The standard InChI is InChI=1S/C21H34/c1-3-7-19-14-16-21(17-15-19)9-6-5-8-20-12-10-18(4-2)11-13-20/h5,8,18-21H,3-4,7,10-17H2,1-2H3/b8-5+. The molecule has 21 heavy (non-hydrogen) atoms. The molecule has 0 unspecified atom stereocenters. The summed E-state index contributed by atoms with van der Waals surface area (Å²) in [6, 6.07) is 0. The monoisotopic (exact) mass is 286 g/mol. The maximum Gasteiger partial charge on any atom is 0.0206 e. The smallest absolute Gasteiger partial charge is 0.0206 e. The van der Waals surface area contributed by atoms with Crippen LogP contribution in [0.1, 0.15) is 84.5 Å². The predicted octanol–water partition coefficient (Wildman–Crippen LogP) is 6.37. The first-order valence-electron chi connectivity index (χ1n) is 9.49. The molecule has 0 aromatic rings. The van der Waals surface area contributed by atoms with Crippen LogP contribution in [0.15, 0.2) is 12.2 Å². The predicted molar refractivity (Wildman–Crippen MR) is 93.0 cm³/mol. The first-order chi connectivity index (χ1) is 10.3. The number of hydrogen-bond donors (Lipinski definition) is 0. The largest absolute Gasteiger partial charge is 0.0951 e. The van der Waals surface area contributed by atoms with E-state index in [0.717, 1.165) is 17.8 Å². The van der Waals surface area contributed by atoms with E-state index in [1.165, 1.54) is 70.6 Å². The summed E-state index contributed by atoms with van der Waals surface area (Å²) >= 11 is 0. The van der Waals surface area contributed by atoms with Gasteiger partial charge in [0.1, 0.15) is 0 Å². The molecule has 0 N–H and O–H groups in total. The van der Waals surface area contributed by atoms with Gasteiger partial charge in [0, 0.05) is 5.92 Å². The van der Waals surface area contributed by atoms with E-state index in [2.05, 4.69) is 37.8 Å². The summed E-state index contributed by atoms with van der Waals surface area (Å²) in [6.45, 7) is 4.65. The zero-order valence-electron chi connectivity index (χ0n) is 14.2. The Kier molecular flexibility index (Phi) is 7.42. The van der Waals surface area contributed by atoms with Crippen LogP contribution in [0.25, 0.3) is 0 Å². The van der Waals surface area contributed by atoms with Gasteiger partial charge in [-0.2, -0.15) is 0 Å². The SMILES string of the molecule is CCCC1CCC(C#C/C=C/C2CCC(CC)CC2)CC1. The van der Waals surface area contributed by atoms with Gasteiger partial charge >= 0.3 is 0 Å². The van der Waals surface area contributed by atoms with Gasteiger partial charge in [0.15, 0.2) is 0 Å². The van der Waals surface area contributed by atoms with Crippen LogP contribution < -0.4 is 0 Å². The van der Waals surface area contributed by atoms with Crippen molar-refractivity contribution < 1.29 is 0 Å². The number of hydrogen-bond acceptors (Lipinski definition) is 0. The van der Waals surface area contributed by atoms with Gasteiger partial charge in [-0.05, 0) is 75.2 Å². The van der Waals surface area contributed by atoms with Crippen LogP contribution in [-0.4, -0.2) is 0 Å². The molecule has 2 saturated carbocycles. The molecule has 0 heteroatoms. The molecule has 0 nitrogen and oxygen atoms in total. The van der Waals surface area contributed by atoms with Gasteiger partial charge in [-0.1, -0.05) is 51.0 Å². The topological polar surface area (TPSA) is 0 Å². The zero-order valence-corrected chi connectivity index (χ0v) is 14.2. The van der Waals surface area contributed by atoms with Gasteiger partial charge < -0.3 is 0 Å². The van der Waals surface area contributed by atoms with Crippen LogP contribution in [-0.2, 0) is 0 Å². The minimum absolute atomic E-state index is 0.679. The Morgan fingerprint density at radius 1 is 0.857 bits per heavy atom. The lowest BCUT2D eigenvalue weighted by Crippen LogP contribution is -2.13. The second-order valence-corrected chi connectivity index (χ2v) is 7.34. The van der Waals surface area contributed by atoms with E-state index in [1.54, 1.807) is 0 Å². The second-order valence-electron chi connectivity index (χ2n) is 7.34. The van der Waals surface area contributed by atoms with Gasteiger partial charge in [-0.15, -0.1) is 0 Å². The van der Waals surface area contributed by atoms with Gasteiger partial charge in [-0.3, -0.25) is 0 Å². The lowest BCUT2D eigenvalue weighted by Gasteiger charge is -2.25. The number of rotatable bonds is 4. The Hall–Kier alpha value is -0.700. The van der Waals surface area contributed by atoms with Crippen molar-refractivity contribution in [3.63, 3.8) is 0 Å². The molecule has 2 rings (SSSR count). The highest BCUT2D eigenvalue weighted by atomic mass is 14.2. The minimum Gasteiger partial charge on any atom is -0.0951 e. The molecule has 2 aliphatic rings. The molecule has 2 fully saturated rings. The van der Waals surface area contributed by atoms with Crippen molar-refractivity contribution in [3.05, 3.63) is 12.2 Å². The lowest BCUT2D eigenvalue weighted by atomic mass is 9.80. The fourth-order valence-corrected chi connectivity index (χ4v) is 4.14. The normalized spacial score (nSPS) is 33.6. The summed E-state index contributed by atoms with van der Waals surface area (Å²) in [5.41, 5.74) is 0. The van der Waals surface area contributed by atoms with E-state index >= 15 is 0 Å². The van der Waals surface area contributed by atoms with E-state index in [4.69, 9.17) is 0 Å². The Labute approximate surface area is 132 Å². The van der Waals surface area contributed by atoms with Crippen LogP contribution in [0.2, 0.25) is 0 Å². The van der Waals surface area contributed by atoms with Gasteiger partial charge in [0.2, 0.25) is 0 Å². The van der Waals surface area contributed by atoms with Crippen molar-refractivity contribution in [1.29, 1.82) is 0 Å². The Balaban J connectivity index is 1.66.